The van der Waals surface area contributed by atoms with Gasteiger partial charge in [0.15, 0.2) is 6.10 Å². The second-order valence-electron chi connectivity index (χ2n) is 8.39. The summed E-state index contributed by atoms with van der Waals surface area (Å²) in [6.45, 7) is 12.3. The predicted molar refractivity (Wildman–Crippen MR) is 116 cm³/mol. The molecule has 7 nitrogen and oxygen atoms in total. The fraction of sp³-hybridized carbons (Fsp3) is 0.652. The lowest BCUT2D eigenvalue weighted by molar-refractivity contribution is -0.149. The van der Waals surface area contributed by atoms with Gasteiger partial charge in [0.05, 0.1) is 13.2 Å². The summed E-state index contributed by atoms with van der Waals surface area (Å²) in [4.78, 5) is 25.2. The molecule has 1 rings (SSSR count). The monoisotopic (exact) mass is 423 g/mol. The average molecular weight is 424 g/mol. The molecule has 0 saturated heterocycles. The first kappa shape index (κ1) is 25.8. The van der Waals surface area contributed by atoms with Crippen molar-refractivity contribution in [1.82, 2.24) is 4.90 Å². The maximum Gasteiger partial charge on any atom is 0.409 e. The van der Waals surface area contributed by atoms with E-state index in [0.717, 1.165) is 18.4 Å². The van der Waals surface area contributed by atoms with Gasteiger partial charge in [0, 0.05) is 19.6 Å². The summed E-state index contributed by atoms with van der Waals surface area (Å²) in [7, 11) is 0. The fourth-order valence-electron chi connectivity index (χ4n) is 2.67. The van der Waals surface area contributed by atoms with Crippen LogP contribution in [0, 0.1) is 5.41 Å². The third-order valence-corrected chi connectivity index (χ3v) is 4.44. The Kier molecular flexibility index (Phi) is 11.3. The highest BCUT2D eigenvalue weighted by molar-refractivity contribution is 5.72. The van der Waals surface area contributed by atoms with Crippen LogP contribution in [0.4, 0.5) is 4.79 Å². The summed E-state index contributed by atoms with van der Waals surface area (Å²) in [6.07, 6.45) is 0.789. The van der Waals surface area contributed by atoms with E-state index < -0.39 is 12.1 Å². The number of carboxylic acids is 1. The van der Waals surface area contributed by atoms with Crippen LogP contribution in [0.25, 0.3) is 0 Å². The lowest BCUT2D eigenvalue weighted by atomic mass is 9.92. The van der Waals surface area contributed by atoms with Crippen molar-refractivity contribution in [1.29, 1.82) is 0 Å². The van der Waals surface area contributed by atoms with E-state index in [0.29, 0.717) is 45.1 Å². The fourth-order valence-corrected chi connectivity index (χ4v) is 2.67. The number of hydrogen-bond donors (Lipinski definition) is 1. The number of ether oxygens (including phenoxy) is 3. The second kappa shape index (κ2) is 13.1. The molecule has 1 aromatic carbocycles. The molecule has 30 heavy (non-hydrogen) atoms. The molecule has 1 amide bonds. The van der Waals surface area contributed by atoms with E-state index in [-0.39, 0.29) is 11.5 Å². The Bertz CT molecular complexity index is 638. The van der Waals surface area contributed by atoms with Crippen LogP contribution in [-0.2, 0) is 20.7 Å². The summed E-state index contributed by atoms with van der Waals surface area (Å²) < 4.78 is 16.3. The van der Waals surface area contributed by atoms with E-state index in [1.165, 1.54) is 0 Å². The van der Waals surface area contributed by atoms with Crippen molar-refractivity contribution in [2.24, 2.45) is 5.41 Å². The number of carboxylic acid groups (broad SMARTS) is 1. The number of nitrogens with zero attached hydrogens (tertiary/aromatic N) is 1. The van der Waals surface area contributed by atoms with Crippen LogP contribution in [0.2, 0.25) is 0 Å². The van der Waals surface area contributed by atoms with Crippen LogP contribution in [0.5, 0.6) is 5.75 Å². The molecular weight excluding hydrogens is 386 g/mol. The van der Waals surface area contributed by atoms with E-state index in [9.17, 15) is 14.7 Å². The zero-order chi connectivity index (χ0) is 22.6. The van der Waals surface area contributed by atoms with Crippen LogP contribution in [0.15, 0.2) is 24.3 Å². The highest BCUT2D eigenvalue weighted by Crippen LogP contribution is 2.19. The first-order valence-electron chi connectivity index (χ1n) is 10.6. The highest BCUT2D eigenvalue weighted by atomic mass is 16.6. The Balaban J connectivity index is 2.58. The molecule has 0 aliphatic carbocycles. The van der Waals surface area contributed by atoms with E-state index in [1.54, 1.807) is 24.0 Å². The van der Waals surface area contributed by atoms with E-state index in [1.807, 2.05) is 19.1 Å². The normalized spacial score (nSPS) is 12.3. The van der Waals surface area contributed by atoms with Crippen molar-refractivity contribution < 1.29 is 28.9 Å². The number of aliphatic carboxylic acids is 1. The van der Waals surface area contributed by atoms with Crippen LogP contribution < -0.4 is 4.74 Å². The third-order valence-electron chi connectivity index (χ3n) is 4.44. The average Bonchev–Trinajstić information content (AvgIpc) is 2.68. The molecule has 0 bridgehead atoms. The summed E-state index contributed by atoms with van der Waals surface area (Å²) >= 11 is 0. The Labute approximate surface area is 180 Å². The van der Waals surface area contributed by atoms with E-state index >= 15 is 0 Å². The van der Waals surface area contributed by atoms with Gasteiger partial charge in [0.1, 0.15) is 12.4 Å². The smallest absolute Gasteiger partial charge is 0.409 e. The molecule has 0 fully saturated rings. The van der Waals surface area contributed by atoms with Gasteiger partial charge in [0.25, 0.3) is 0 Å². The van der Waals surface area contributed by atoms with Crippen molar-refractivity contribution in [3.05, 3.63) is 29.8 Å². The molecule has 1 atom stereocenters. The van der Waals surface area contributed by atoms with Gasteiger partial charge >= 0.3 is 12.1 Å². The summed E-state index contributed by atoms with van der Waals surface area (Å²) in [5, 5.41) is 9.19. The van der Waals surface area contributed by atoms with E-state index in [2.05, 4.69) is 20.8 Å². The van der Waals surface area contributed by atoms with Crippen molar-refractivity contribution in [2.75, 3.05) is 32.9 Å². The van der Waals surface area contributed by atoms with Crippen molar-refractivity contribution >= 4 is 12.1 Å². The van der Waals surface area contributed by atoms with Crippen LogP contribution in [0.3, 0.4) is 0 Å². The van der Waals surface area contributed by atoms with Crippen LogP contribution >= 0.6 is 0 Å². The molecular formula is C23H37NO6. The quantitative estimate of drug-likeness (QED) is 0.507. The zero-order valence-electron chi connectivity index (χ0n) is 19.0. The topological polar surface area (TPSA) is 85.3 Å². The first-order valence-corrected chi connectivity index (χ1v) is 10.6. The first-order chi connectivity index (χ1) is 14.2. The molecule has 0 aliphatic rings. The molecule has 1 aromatic rings. The molecule has 0 aliphatic heterocycles. The van der Waals surface area contributed by atoms with Gasteiger partial charge in [-0.25, -0.2) is 9.59 Å². The van der Waals surface area contributed by atoms with Gasteiger partial charge < -0.3 is 24.2 Å². The number of benzene rings is 1. The zero-order valence-corrected chi connectivity index (χ0v) is 19.0. The largest absolute Gasteiger partial charge is 0.492 e. The molecule has 1 unspecified atom stereocenters. The maximum atomic E-state index is 12.3. The van der Waals surface area contributed by atoms with Crippen molar-refractivity contribution in [3.63, 3.8) is 0 Å². The van der Waals surface area contributed by atoms with Gasteiger partial charge in [-0.3, -0.25) is 0 Å². The Morgan fingerprint density at radius 3 is 2.27 bits per heavy atom. The summed E-state index contributed by atoms with van der Waals surface area (Å²) in [6, 6.07) is 7.26. The molecule has 0 radical (unpaired) electrons. The standard InChI is InChI=1S/C23H37NO6/c1-6-15-30-22(27)24(13-12-23(3,4)5)14-16-29-19-10-8-18(9-11-19)17-20(21(25)26)28-7-2/h8-11,20H,6-7,12-17H2,1-5H3,(H,25,26). The minimum atomic E-state index is -0.970. The Hall–Kier alpha value is -2.28. The predicted octanol–water partition coefficient (Wildman–Crippen LogP) is 4.38. The number of carbonyl (C=O) groups is 2. The molecule has 0 spiro atoms. The summed E-state index contributed by atoms with van der Waals surface area (Å²) in [5.74, 6) is -0.304. The molecule has 1 N–H and O–H groups in total. The van der Waals surface area contributed by atoms with Crippen LogP contribution in [-0.4, -0.2) is 61.1 Å². The molecule has 170 valence electrons. The van der Waals surface area contributed by atoms with Gasteiger partial charge in [-0.05, 0) is 42.9 Å². The molecule has 0 heterocycles. The number of hydrogen-bond acceptors (Lipinski definition) is 5. The molecule has 7 heteroatoms. The Morgan fingerprint density at radius 2 is 1.73 bits per heavy atom. The molecule has 0 saturated carbocycles. The lowest BCUT2D eigenvalue weighted by Gasteiger charge is -2.26. The van der Waals surface area contributed by atoms with Gasteiger partial charge in [0.2, 0.25) is 0 Å². The van der Waals surface area contributed by atoms with Crippen LogP contribution in [0.1, 0.15) is 53.0 Å². The highest BCUT2D eigenvalue weighted by Gasteiger charge is 2.19. The maximum absolute atomic E-state index is 12.3. The SMILES string of the molecule is CCCOC(=O)N(CCOc1ccc(CC(OCC)C(=O)O)cc1)CCC(C)(C)C. The Morgan fingerprint density at radius 1 is 1.07 bits per heavy atom. The van der Waals surface area contributed by atoms with Crippen molar-refractivity contribution in [2.45, 2.75) is 60.0 Å². The minimum Gasteiger partial charge on any atom is -0.492 e. The second-order valence-corrected chi connectivity index (χ2v) is 8.39. The number of rotatable bonds is 13. The minimum absolute atomic E-state index is 0.120. The third kappa shape index (κ3) is 10.5. The van der Waals surface area contributed by atoms with Gasteiger partial charge in [-0.15, -0.1) is 0 Å². The van der Waals surface area contributed by atoms with Crippen molar-refractivity contribution in [3.8, 4) is 5.75 Å². The van der Waals surface area contributed by atoms with E-state index in [4.69, 9.17) is 14.2 Å². The summed E-state index contributed by atoms with van der Waals surface area (Å²) in [5.41, 5.74) is 0.980. The molecule has 0 aromatic heterocycles. The lowest BCUT2D eigenvalue weighted by Crippen LogP contribution is -2.37. The number of amides is 1. The van der Waals surface area contributed by atoms with Gasteiger partial charge in [-0.2, -0.15) is 0 Å². The number of carbonyl (C=O) groups excluding carboxylic acids is 1. The van der Waals surface area contributed by atoms with Gasteiger partial charge in [-0.1, -0.05) is 39.8 Å².